The molecule has 0 fully saturated rings. The highest BCUT2D eigenvalue weighted by Gasteiger charge is 2.25. The molecule has 25 heavy (non-hydrogen) atoms. The number of non-ortho nitro benzene ring substituents is 1. The van der Waals surface area contributed by atoms with Crippen molar-refractivity contribution >= 4 is 17.6 Å². The molecule has 0 aliphatic heterocycles. The van der Waals surface area contributed by atoms with Gasteiger partial charge in [-0.25, -0.2) is 4.79 Å². The van der Waals surface area contributed by atoms with E-state index in [0.29, 0.717) is 11.1 Å². The van der Waals surface area contributed by atoms with Crippen molar-refractivity contribution in [3.63, 3.8) is 0 Å². The van der Waals surface area contributed by atoms with Crippen LogP contribution in [-0.2, 0) is 16.0 Å². The highest BCUT2D eigenvalue weighted by atomic mass is 16.6. The normalized spacial score (nSPS) is 12.8. The molecule has 0 aliphatic rings. The maximum Gasteiger partial charge on any atom is 0.326 e. The molecule has 130 valence electrons. The minimum Gasteiger partial charge on any atom is -0.480 e. The summed E-state index contributed by atoms with van der Waals surface area (Å²) in [5, 5.41) is 32.2. The van der Waals surface area contributed by atoms with Crippen molar-refractivity contribution in [2.75, 3.05) is 0 Å². The topological polar surface area (TPSA) is 130 Å². The molecule has 8 nitrogen and oxygen atoms in total. The molecule has 0 saturated carbocycles. The van der Waals surface area contributed by atoms with E-state index in [9.17, 15) is 29.9 Å². The van der Waals surface area contributed by atoms with E-state index in [0.717, 1.165) is 0 Å². The fourth-order valence-corrected chi connectivity index (χ4v) is 2.23. The van der Waals surface area contributed by atoms with Crippen molar-refractivity contribution in [3.8, 4) is 0 Å². The Morgan fingerprint density at radius 1 is 1.08 bits per heavy atom. The number of carboxylic acids is 1. The lowest BCUT2D eigenvalue weighted by molar-refractivity contribution is -0.384. The van der Waals surface area contributed by atoms with Crippen molar-refractivity contribution in [1.82, 2.24) is 5.32 Å². The lowest BCUT2D eigenvalue weighted by atomic mass is 10.0. The van der Waals surface area contributed by atoms with Gasteiger partial charge in [0.1, 0.15) is 6.04 Å². The van der Waals surface area contributed by atoms with Crippen LogP contribution in [0.15, 0.2) is 54.6 Å². The third-order valence-electron chi connectivity index (χ3n) is 3.57. The second-order valence-electron chi connectivity index (χ2n) is 5.34. The van der Waals surface area contributed by atoms with Crippen molar-refractivity contribution in [2.24, 2.45) is 0 Å². The van der Waals surface area contributed by atoms with Crippen molar-refractivity contribution in [2.45, 2.75) is 18.6 Å². The largest absolute Gasteiger partial charge is 0.480 e. The Kier molecular flexibility index (Phi) is 5.80. The first-order valence-electron chi connectivity index (χ1n) is 7.38. The maximum atomic E-state index is 12.1. The summed E-state index contributed by atoms with van der Waals surface area (Å²) >= 11 is 0. The van der Waals surface area contributed by atoms with Gasteiger partial charge in [-0.3, -0.25) is 14.9 Å². The number of nitrogens with one attached hydrogen (secondary N) is 1. The van der Waals surface area contributed by atoms with Crippen LogP contribution in [0, 0.1) is 10.1 Å². The number of hydrogen-bond donors (Lipinski definition) is 3. The van der Waals surface area contributed by atoms with E-state index >= 15 is 0 Å². The second-order valence-corrected chi connectivity index (χ2v) is 5.34. The molecule has 0 unspecified atom stereocenters. The predicted octanol–water partition coefficient (Wildman–Crippen LogP) is 1.44. The third-order valence-corrected chi connectivity index (χ3v) is 3.57. The fourth-order valence-electron chi connectivity index (χ4n) is 2.23. The number of rotatable bonds is 7. The summed E-state index contributed by atoms with van der Waals surface area (Å²) in [5.41, 5.74) is 0.742. The number of nitro benzene ring substituents is 1. The van der Waals surface area contributed by atoms with E-state index in [1.54, 1.807) is 30.3 Å². The molecule has 0 radical (unpaired) electrons. The monoisotopic (exact) mass is 344 g/mol. The molecule has 2 aromatic rings. The standard InChI is InChI=1S/C17H16N2O6/c20-15(12-4-2-1-3-5-12)16(21)18-14(17(22)23)10-11-6-8-13(9-7-11)19(24)25/h1-9,14-15,20H,10H2,(H,18,21)(H,22,23)/t14-,15+/m1/s1. The minimum atomic E-state index is -1.49. The molecule has 2 aromatic carbocycles. The molecule has 2 atom stereocenters. The third kappa shape index (κ3) is 4.85. The highest BCUT2D eigenvalue weighted by Crippen LogP contribution is 2.15. The molecule has 0 aliphatic carbocycles. The van der Waals surface area contributed by atoms with Crippen molar-refractivity contribution < 1.29 is 24.7 Å². The zero-order valence-corrected chi connectivity index (χ0v) is 13.0. The van der Waals surface area contributed by atoms with Crippen LogP contribution in [0.3, 0.4) is 0 Å². The van der Waals surface area contributed by atoms with Crippen LogP contribution in [0.4, 0.5) is 5.69 Å². The van der Waals surface area contributed by atoms with Gasteiger partial charge in [0.15, 0.2) is 6.10 Å². The van der Waals surface area contributed by atoms with Crippen molar-refractivity contribution in [1.29, 1.82) is 0 Å². The first-order chi connectivity index (χ1) is 11.9. The molecule has 8 heteroatoms. The zero-order chi connectivity index (χ0) is 18.4. The van der Waals surface area contributed by atoms with Gasteiger partial charge < -0.3 is 15.5 Å². The molecule has 0 saturated heterocycles. The van der Waals surface area contributed by atoms with Gasteiger partial charge in [0.25, 0.3) is 11.6 Å². The molecular weight excluding hydrogens is 328 g/mol. The first-order valence-corrected chi connectivity index (χ1v) is 7.38. The first kappa shape index (κ1) is 18.1. The summed E-state index contributed by atoms with van der Waals surface area (Å²) in [4.78, 5) is 33.5. The number of aliphatic carboxylic acids is 1. The number of carbonyl (C=O) groups excluding carboxylic acids is 1. The number of carbonyl (C=O) groups is 2. The second kappa shape index (κ2) is 8.02. The van der Waals surface area contributed by atoms with Gasteiger partial charge in [-0.15, -0.1) is 0 Å². The lowest BCUT2D eigenvalue weighted by Crippen LogP contribution is -2.44. The number of aliphatic hydroxyl groups excluding tert-OH is 1. The van der Waals surface area contributed by atoms with Crippen LogP contribution in [0.25, 0.3) is 0 Å². The van der Waals surface area contributed by atoms with Gasteiger partial charge in [-0.05, 0) is 11.1 Å². The average Bonchev–Trinajstić information content (AvgIpc) is 2.61. The summed E-state index contributed by atoms with van der Waals surface area (Å²) in [6.07, 6.45) is -1.56. The number of nitrogens with zero attached hydrogens (tertiary/aromatic N) is 1. The smallest absolute Gasteiger partial charge is 0.326 e. The number of benzene rings is 2. The maximum absolute atomic E-state index is 12.1. The number of carboxylic acid groups (broad SMARTS) is 1. The van der Waals surface area contributed by atoms with E-state index < -0.39 is 28.9 Å². The minimum absolute atomic E-state index is 0.0689. The molecule has 0 aromatic heterocycles. The number of hydrogen-bond acceptors (Lipinski definition) is 5. The Balaban J connectivity index is 2.06. The molecule has 0 spiro atoms. The van der Waals surface area contributed by atoms with E-state index in [1.165, 1.54) is 24.3 Å². The summed E-state index contributed by atoms with van der Waals surface area (Å²) in [7, 11) is 0. The van der Waals surface area contributed by atoms with Gasteiger partial charge in [0.2, 0.25) is 0 Å². The quantitative estimate of drug-likeness (QED) is 0.515. The van der Waals surface area contributed by atoms with E-state index in [-0.39, 0.29) is 12.1 Å². The van der Waals surface area contributed by atoms with E-state index in [2.05, 4.69) is 5.32 Å². The average molecular weight is 344 g/mol. The summed E-state index contributed by atoms with van der Waals surface area (Å²) < 4.78 is 0. The van der Waals surface area contributed by atoms with Crippen LogP contribution in [-0.4, -0.2) is 33.1 Å². The number of amides is 1. The molecule has 1 amide bonds. The molecule has 3 N–H and O–H groups in total. The van der Waals surface area contributed by atoms with Gasteiger partial charge in [0, 0.05) is 18.6 Å². The van der Waals surface area contributed by atoms with Gasteiger partial charge in [0.05, 0.1) is 4.92 Å². The van der Waals surface area contributed by atoms with Crippen LogP contribution in [0.2, 0.25) is 0 Å². The molecule has 0 heterocycles. The highest BCUT2D eigenvalue weighted by molar-refractivity contribution is 5.87. The van der Waals surface area contributed by atoms with Gasteiger partial charge in [-0.2, -0.15) is 0 Å². The Bertz CT molecular complexity index is 760. The Labute approximate surface area is 142 Å². The predicted molar refractivity (Wildman–Crippen MR) is 87.8 cm³/mol. The Morgan fingerprint density at radius 2 is 1.68 bits per heavy atom. The summed E-state index contributed by atoms with van der Waals surface area (Å²) in [6.45, 7) is 0. The zero-order valence-electron chi connectivity index (χ0n) is 13.0. The van der Waals surface area contributed by atoms with Crippen LogP contribution in [0.5, 0.6) is 0 Å². The lowest BCUT2D eigenvalue weighted by Gasteiger charge is -2.17. The Hall–Kier alpha value is -3.26. The summed E-state index contributed by atoms with van der Waals surface area (Å²) in [5.74, 6) is -2.10. The molecule has 0 bridgehead atoms. The number of aliphatic hydroxyl groups is 1. The summed E-state index contributed by atoms with van der Waals surface area (Å²) in [6, 6.07) is 12.2. The van der Waals surface area contributed by atoms with Gasteiger partial charge in [-0.1, -0.05) is 42.5 Å². The SMILES string of the molecule is O=C(N[C@H](Cc1ccc([N+](=O)[O-])cc1)C(=O)O)[C@@H](O)c1ccccc1. The molecule has 2 rings (SSSR count). The van der Waals surface area contributed by atoms with Gasteiger partial charge >= 0.3 is 5.97 Å². The van der Waals surface area contributed by atoms with E-state index in [1.807, 2.05) is 0 Å². The fraction of sp³-hybridized carbons (Fsp3) is 0.176. The van der Waals surface area contributed by atoms with Crippen LogP contribution in [0.1, 0.15) is 17.2 Å². The van der Waals surface area contributed by atoms with Crippen molar-refractivity contribution in [3.05, 3.63) is 75.8 Å². The number of nitro groups is 1. The van der Waals surface area contributed by atoms with Crippen LogP contribution >= 0.6 is 0 Å². The molecular formula is C17H16N2O6. The van der Waals surface area contributed by atoms with E-state index in [4.69, 9.17) is 0 Å². The van der Waals surface area contributed by atoms with Crippen LogP contribution < -0.4 is 5.32 Å². The Morgan fingerprint density at radius 3 is 2.20 bits per heavy atom.